The van der Waals surface area contributed by atoms with Crippen LogP contribution in [0, 0.1) is 0 Å². The van der Waals surface area contributed by atoms with Crippen molar-refractivity contribution in [2.45, 2.75) is 4.90 Å². The highest BCUT2D eigenvalue weighted by molar-refractivity contribution is 7.98. The molecule has 130 valence electrons. The Morgan fingerprint density at radius 3 is 2.92 bits per heavy atom. The van der Waals surface area contributed by atoms with Crippen molar-refractivity contribution in [2.75, 3.05) is 25.0 Å². The fraction of sp³-hybridized carbons (Fsp3) is 0.176. The number of hydrogen-bond acceptors (Lipinski definition) is 6. The summed E-state index contributed by atoms with van der Waals surface area (Å²) in [4.78, 5) is 25.0. The molecule has 6 nitrogen and oxygen atoms in total. The molecule has 0 atom stereocenters. The lowest BCUT2D eigenvalue weighted by Gasteiger charge is -2.08. The summed E-state index contributed by atoms with van der Waals surface area (Å²) in [6.45, 7) is -0.362. The highest BCUT2D eigenvalue weighted by Gasteiger charge is 2.21. The van der Waals surface area contributed by atoms with Crippen LogP contribution in [-0.2, 0) is 9.53 Å². The topological polar surface area (TPSA) is 73.9 Å². The van der Waals surface area contributed by atoms with E-state index in [-0.39, 0.29) is 17.4 Å². The van der Waals surface area contributed by atoms with E-state index in [4.69, 9.17) is 25.8 Å². The summed E-state index contributed by atoms with van der Waals surface area (Å²) in [5, 5.41) is 2.93. The SMILES string of the molecule is CSc1cccc(NC(=O)COC(=O)c2cc(Cl)c3c(c2)OCO3)c1. The van der Waals surface area contributed by atoms with Gasteiger partial charge in [-0.2, -0.15) is 0 Å². The second-order valence-electron chi connectivity index (χ2n) is 5.05. The molecule has 2 aromatic rings. The van der Waals surface area contributed by atoms with Crippen molar-refractivity contribution in [3.63, 3.8) is 0 Å². The predicted octanol–water partition coefficient (Wildman–Crippen LogP) is 3.59. The van der Waals surface area contributed by atoms with Crippen molar-refractivity contribution in [3.05, 3.63) is 47.0 Å². The van der Waals surface area contributed by atoms with Crippen molar-refractivity contribution in [3.8, 4) is 11.5 Å². The molecule has 1 aliphatic rings. The van der Waals surface area contributed by atoms with Crippen LogP contribution in [0.1, 0.15) is 10.4 Å². The smallest absolute Gasteiger partial charge is 0.338 e. The third-order valence-electron chi connectivity index (χ3n) is 3.35. The number of carbonyl (C=O) groups excluding carboxylic acids is 2. The van der Waals surface area contributed by atoms with Crippen molar-refractivity contribution in [1.29, 1.82) is 0 Å². The maximum Gasteiger partial charge on any atom is 0.338 e. The molecule has 2 aromatic carbocycles. The Morgan fingerprint density at radius 2 is 2.12 bits per heavy atom. The summed E-state index contributed by atoms with van der Waals surface area (Å²) in [6, 6.07) is 10.2. The zero-order chi connectivity index (χ0) is 17.8. The van der Waals surface area contributed by atoms with Crippen LogP contribution in [0.2, 0.25) is 5.02 Å². The Kier molecular flexibility index (Phi) is 5.35. The van der Waals surface area contributed by atoms with Crippen molar-refractivity contribution >= 4 is 40.9 Å². The Morgan fingerprint density at radius 1 is 1.28 bits per heavy atom. The van der Waals surface area contributed by atoms with Crippen LogP contribution < -0.4 is 14.8 Å². The number of carbonyl (C=O) groups is 2. The maximum absolute atomic E-state index is 12.1. The molecule has 1 N–H and O–H groups in total. The first kappa shape index (κ1) is 17.4. The Labute approximate surface area is 153 Å². The zero-order valence-electron chi connectivity index (χ0n) is 13.2. The number of halogens is 1. The van der Waals surface area contributed by atoms with Crippen LogP contribution in [0.4, 0.5) is 5.69 Å². The third-order valence-corrected chi connectivity index (χ3v) is 4.36. The fourth-order valence-corrected chi connectivity index (χ4v) is 2.92. The van der Waals surface area contributed by atoms with Crippen molar-refractivity contribution in [1.82, 2.24) is 0 Å². The quantitative estimate of drug-likeness (QED) is 0.632. The number of thioether (sulfide) groups is 1. The monoisotopic (exact) mass is 379 g/mol. The summed E-state index contributed by atoms with van der Waals surface area (Å²) < 4.78 is 15.4. The summed E-state index contributed by atoms with van der Waals surface area (Å²) >= 11 is 7.59. The highest BCUT2D eigenvalue weighted by atomic mass is 35.5. The molecule has 1 heterocycles. The van der Waals surface area contributed by atoms with Gasteiger partial charge in [0, 0.05) is 10.6 Å². The third kappa shape index (κ3) is 4.18. The van der Waals surface area contributed by atoms with E-state index in [2.05, 4.69) is 5.32 Å². The van der Waals surface area contributed by atoms with Gasteiger partial charge in [0.1, 0.15) is 0 Å². The molecule has 0 aromatic heterocycles. The highest BCUT2D eigenvalue weighted by Crippen LogP contribution is 2.39. The Bertz CT molecular complexity index is 827. The van der Waals surface area contributed by atoms with Gasteiger partial charge in [-0.1, -0.05) is 17.7 Å². The molecule has 0 radical (unpaired) electrons. The first-order chi connectivity index (χ1) is 12.1. The number of amides is 1. The fourth-order valence-electron chi connectivity index (χ4n) is 2.20. The molecule has 3 rings (SSSR count). The molecular formula is C17H14ClNO5S. The van der Waals surface area contributed by atoms with Gasteiger partial charge in [-0.05, 0) is 36.6 Å². The minimum absolute atomic E-state index is 0.0467. The number of benzene rings is 2. The molecule has 0 spiro atoms. The molecule has 0 saturated carbocycles. The standard InChI is InChI=1S/C17H14ClNO5S/c1-25-12-4-2-3-11(7-12)19-15(20)8-22-17(21)10-5-13(18)16-14(6-10)23-9-24-16/h2-7H,8-9H2,1H3,(H,19,20). The van der Waals surface area contributed by atoms with E-state index in [0.29, 0.717) is 17.2 Å². The van der Waals surface area contributed by atoms with Gasteiger partial charge in [0.25, 0.3) is 5.91 Å². The number of ether oxygens (including phenoxy) is 3. The molecule has 0 bridgehead atoms. The molecular weight excluding hydrogens is 366 g/mol. The lowest BCUT2D eigenvalue weighted by Crippen LogP contribution is -2.20. The van der Waals surface area contributed by atoms with Crippen LogP contribution in [0.5, 0.6) is 11.5 Å². The molecule has 0 aliphatic carbocycles. The summed E-state index contributed by atoms with van der Waals surface area (Å²) in [5.74, 6) is -0.339. The van der Waals surface area contributed by atoms with Crippen LogP contribution in [0.15, 0.2) is 41.3 Å². The van der Waals surface area contributed by atoms with Crippen molar-refractivity contribution < 1.29 is 23.8 Å². The van der Waals surface area contributed by atoms with Gasteiger partial charge in [0.05, 0.1) is 10.6 Å². The summed E-state index contributed by atoms with van der Waals surface area (Å²) in [7, 11) is 0. The molecule has 0 saturated heterocycles. The van der Waals surface area contributed by atoms with Gasteiger partial charge < -0.3 is 19.5 Å². The molecule has 1 aliphatic heterocycles. The van der Waals surface area contributed by atoms with Crippen LogP contribution in [-0.4, -0.2) is 31.5 Å². The first-order valence-electron chi connectivity index (χ1n) is 7.27. The van der Waals surface area contributed by atoms with Gasteiger partial charge >= 0.3 is 5.97 Å². The average Bonchev–Trinajstić information content (AvgIpc) is 3.09. The molecule has 0 unspecified atom stereocenters. The molecule has 25 heavy (non-hydrogen) atoms. The van der Waals surface area contributed by atoms with E-state index in [1.165, 1.54) is 12.1 Å². The number of rotatable bonds is 5. The van der Waals surface area contributed by atoms with E-state index in [1.54, 1.807) is 17.8 Å². The minimum atomic E-state index is -0.673. The van der Waals surface area contributed by atoms with Gasteiger partial charge in [0.15, 0.2) is 18.1 Å². The van der Waals surface area contributed by atoms with Gasteiger partial charge in [0.2, 0.25) is 6.79 Å². The zero-order valence-corrected chi connectivity index (χ0v) is 14.8. The molecule has 0 fully saturated rings. The minimum Gasteiger partial charge on any atom is -0.454 e. The van der Waals surface area contributed by atoms with Gasteiger partial charge in [-0.25, -0.2) is 4.79 Å². The first-order valence-corrected chi connectivity index (χ1v) is 8.87. The second-order valence-corrected chi connectivity index (χ2v) is 6.33. The lowest BCUT2D eigenvalue weighted by molar-refractivity contribution is -0.119. The largest absolute Gasteiger partial charge is 0.454 e. The number of hydrogen-bond donors (Lipinski definition) is 1. The summed E-state index contributed by atoms with van der Waals surface area (Å²) in [6.07, 6.45) is 1.94. The van der Waals surface area contributed by atoms with E-state index in [0.717, 1.165) is 4.90 Å². The van der Waals surface area contributed by atoms with Crippen LogP contribution in [0.25, 0.3) is 0 Å². The Hall–Kier alpha value is -2.38. The van der Waals surface area contributed by atoms with E-state index < -0.39 is 18.5 Å². The lowest BCUT2D eigenvalue weighted by atomic mass is 10.2. The number of nitrogens with one attached hydrogen (secondary N) is 1. The van der Waals surface area contributed by atoms with E-state index in [1.807, 2.05) is 24.5 Å². The van der Waals surface area contributed by atoms with Crippen LogP contribution in [0.3, 0.4) is 0 Å². The van der Waals surface area contributed by atoms with Crippen molar-refractivity contribution in [2.24, 2.45) is 0 Å². The predicted molar refractivity (Wildman–Crippen MR) is 94.7 cm³/mol. The second kappa shape index (κ2) is 7.67. The van der Waals surface area contributed by atoms with E-state index in [9.17, 15) is 9.59 Å². The maximum atomic E-state index is 12.1. The normalized spacial score (nSPS) is 11.9. The van der Waals surface area contributed by atoms with Gasteiger partial charge in [-0.15, -0.1) is 11.8 Å². The van der Waals surface area contributed by atoms with Crippen LogP contribution >= 0.6 is 23.4 Å². The number of fused-ring (bicyclic) bond motifs is 1. The van der Waals surface area contributed by atoms with Gasteiger partial charge in [-0.3, -0.25) is 4.79 Å². The summed E-state index contributed by atoms with van der Waals surface area (Å²) in [5.41, 5.74) is 0.824. The molecule has 1 amide bonds. The van der Waals surface area contributed by atoms with E-state index >= 15 is 0 Å². The number of esters is 1. The molecule has 8 heteroatoms. The number of anilines is 1. The average molecular weight is 380 g/mol. The Balaban J connectivity index is 1.58.